The highest BCUT2D eigenvalue weighted by atomic mass is 32.1. The third-order valence-electron chi connectivity index (χ3n) is 3.31. The summed E-state index contributed by atoms with van der Waals surface area (Å²) in [6.07, 6.45) is 2.06. The van der Waals surface area contributed by atoms with Crippen LogP contribution in [0.15, 0.2) is 48.0 Å². The van der Waals surface area contributed by atoms with E-state index in [1.54, 1.807) is 17.5 Å². The standard InChI is InChI=1S/C17H17NO2S/c1-2-8-20-14-5-3-12(4-6-14)17(19)13-10-16-15(18-11-13)7-9-21-16/h3-7,9-11,17,19H,2,8H2,1H3. The summed E-state index contributed by atoms with van der Waals surface area (Å²) >= 11 is 1.63. The largest absolute Gasteiger partial charge is 0.494 e. The molecule has 0 radical (unpaired) electrons. The van der Waals surface area contributed by atoms with E-state index in [1.165, 1.54) is 0 Å². The zero-order valence-corrected chi connectivity index (χ0v) is 12.6. The molecule has 2 aromatic heterocycles. The summed E-state index contributed by atoms with van der Waals surface area (Å²) in [6.45, 7) is 2.78. The van der Waals surface area contributed by atoms with Gasteiger partial charge in [0.1, 0.15) is 11.9 Å². The van der Waals surface area contributed by atoms with Crippen LogP contribution in [0, 0.1) is 0 Å². The highest BCUT2D eigenvalue weighted by Gasteiger charge is 2.12. The normalized spacial score (nSPS) is 12.5. The molecular formula is C17H17NO2S. The number of aliphatic hydroxyl groups excluding tert-OH is 1. The Balaban J connectivity index is 1.81. The number of hydrogen-bond donors (Lipinski definition) is 1. The van der Waals surface area contributed by atoms with Crippen LogP contribution in [-0.2, 0) is 0 Å². The molecule has 0 bridgehead atoms. The zero-order chi connectivity index (χ0) is 14.7. The number of pyridine rings is 1. The van der Waals surface area contributed by atoms with Crippen molar-refractivity contribution in [2.75, 3.05) is 6.61 Å². The van der Waals surface area contributed by atoms with Crippen molar-refractivity contribution >= 4 is 21.6 Å². The lowest BCUT2D eigenvalue weighted by atomic mass is 10.0. The van der Waals surface area contributed by atoms with E-state index in [1.807, 2.05) is 41.8 Å². The molecule has 1 unspecified atom stereocenters. The van der Waals surface area contributed by atoms with Gasteiger partial charge in [0.05, 0.1) is 16.8 Å². The predicted octanol–water partition coefficient (Wildman–Crippen LogP) is 4.17. The monoisotopic (exact) mass is 299 g/mol. The summed E-state index contributed by atoms with van der Waals surface area (Å²) in [5.41, 5.74) is 2.63. The van der Waals surface area contributed by atoms with E-state index in [9.17, 15) is 5.11 Å². The summed E-state index contributed by atoms with van der Waals surface area (Å²) in [7, 11) is 0. The van der Waals surface area contributed by atoms with Crippen LogP contribution in [0.4, 0.5) is 0 Å². The summed E-state index contributed by atoms with van der Waals surface area (Å²) in [4.78, 5) is 4.37. The van der Waals surface area contributed by atoms with Crippen molar-refractivity contribution in [3.05, 3.63) is 59.1 Å². The fraction of sp³-hybridized carbons (Fsp3) is 0.235. The first-order valence-electron chi connectivity index (χ1n) is 7.02. The van der Waals surface area contributed by atoms with Gasteiger partial charge in [-0.3, -0.25) is 4.98 Å². The molecular weight excluding hydrogens is 282 g/mol. The Morgan fingerprint density at radius 1 is 1.19 bits per heavy atom. The average molecular weight is 299 g/mol. The molecule has 0 fully saturated rings. The van der Waals surface area contributed by atoms with Gasteiger partial charge >= 0.3 is 0 Å². The van der Waals surface area contributed by atoms with Crippen molar-refractivity contribution in [1.29, 1.82) is 0 Å². The molecule has 0 amide bonds. The highest BCUT2D eigenvalue weighted by Crippen LogP contribution is 2.27. The van der Waals surface area contributed by atoms with Gasteiger partial charge in [0.2, 0.25) is 0 Å². The maximum atomic E-state index is 10.5. The van der Waals surface area contributed by atoms with Crippen molar-refractivity contribution in [3.63, 3.8) is 0 Å². The van der Waals surface area contributed by atoms with Gasteiger partial charge in [0.15, 0.2) is 0 Å². The molecule has 3 rings (SSSR count). The Bertz CT molecular complexity index is 721. The fourth-order valence-electron chi connectivity index (χ4n) is 2.17. The molecule has 108 valence electrons. The van der Waals surface area contributed by atoms with Gasteiger partial charge in [-0.15, -0.1) is 11.3 Å². The van der Waals surface area contributed by atoms with Gasteiger partial charge in [-0.05, 0) is 41.6 Å². The van der Waals surface area contributed by atoms with E-state index < -0.39 is 6.10 Å². The SMILES string of the molecule is CCCOc1ccc(C(O)c2cnc3ccsc3c2)cc1. The van der Waals surface area contributed by atoms with E-state index in [0.29, 0.717) is 6.61 Å². The number of ether oxygens (including phenoxy) is 1. The second-order valence-electron chi connectivity index (χ2n) is 4.89. The molecule has 3 nitrogen and oxygen atoms in total. The topological polar surface area (TPSA) is 42.4 Å². The van der Waals surface area contributed by atoms with Gasteiger partial charge in [-0.25, -0.2) is 0 Å². The Hall–Kier alpha value is -1.91. The first kappa shape index (κ1) is 14.0. The first-order chi connectivity index (χ1) is 10.3. The Morgan fingerprint density at radius 3 is 2.76 bits per heavy atom. The molecule has 21 heavy (non-hydrogen) atoms. The lowest BCUT2D eigenvalue weighted by Crippen LogP contribution is -2.01. The first-order valence-corrected chi connectivity index (χ1v) is 7.90. The van der Waals surface area contributed by atoms with Gasteiger partial charge < -0.3 is 9.84 Å². The summed E-state index contributed by atoms with van der Waals surface area (Å²) in [5, 5.41) is 12.5. The van der Waals surface area contributed by atoms with E-state index in [-0.39, 0.29) is 0 Å². The number of nitrogens with zero attached hydrogens (tertiary/aromatic N) is 1. The lowest BCUT2D eigenvalue weighted by Gasteiger charge is -2.12. The molecule has 4 heteroatoms. The van der Waals surface area contributed by atoms with Crippen LogP contribution < -0.4 is 4.74 Å². The van der Waals surface area contributed by atoms with Crippen LogP contribution >= 0.6 is 11.3 Å². The molecule has 3 aromatic rings. The molecule has 2 heterocycles. The fourth-order valence-corrected chi connectivity index (χ4v) is 2.96. The predicted molar refractivity (Wildman–Crippen MR) is 85.9 cm³/mol. The number of aliphatic hydroxyl groups is 1. The van der Waals surface area contributed by atoms with Crippen molar-refractivity contribution in [1.82, 2.24) is 4.98 Å². The number of hydrogen-bond acceptors (Lipinski definition) is 4. The van der Waals surface area contributed by atoms with E-state index in [2.05, 4.69) is 11.9 Å². The third-order valence-corrected chi connectivity index (χ3v) is 4.16. The smallest absolute Gasteiger partial charge is 0.119 e. The highest BCUT2D eigenvalue weighted by molar-refractivity contribution is 7.17. The summed E-state index contributed by atoms with van der Waals surface area (Å²) in [6, 6.07) is 11.6. The number of aromatic nitrogens is 1. The second-order valence-corrected chi connectivity index (χ2v) is 5.84. The van der Waals surface area contributed by atoms with Crippen molar-refractivity contribution in [2.24, 2.45) is 0 Å². The van der Waals surface area contributed by atoms with Crippen LogP contribution in [0.2, 0.25) is 0 Å². The molecule has 0 saturated carbocycles. The quantitative estimate of drug-likeness (QED) is 0.769. The van der Waals surface area contributed by atoms with Crippen LogP contribution in [-0.4, -0.2) is 16.7 Å². The van der Waals surface area contributed by atoms with Crippen LogP contribution in [0.25, 0.3) is 10.2 Å². The van der Waals surface area contributed by atoms with E-state index in [0.717, 1.165) is 33.5 Å². The molecule has 1 aromatic carbocycles. The molecule has 0 saturated heterocycles. The Kier molecular flexibility index (Phi) is 4.18. The molecule has 0 spiro atoms. The van der Waals surface area contributed by atoms with E-state index in [4.69, 9.17) is 4.74 Å². The van der Waals surface area contributed by atoms with Gasteiger partial charge in [-0.1, -0.05) is 19.1 Å². The molecule has 0 aliphatic rings. The number of rotatable bonds is 5. The maximum Gasteiger partial charge on any atom is 0.119 e. The van der Waals surface area contributed by atoms with Crippen LogP contribution in [0.5, 0.6) is 5.75 Å². The van der Waals surface area contributed by atoms with Gasteiger partial charge in [0, 0.05) is 11.8 Å². The minimum absolute atomic E-state index is 0.663. The van der Waals surface area contributed by atoms with Crippen molar-refractivity contribution in [3.8, 4) is 5.75 Å². The number of fused-ring (bicyclic) bond motifs is 1. The minimum atomic E-state index is -0.663. The number of benzene rings is 1. The molecule has 0 aliphatic heterocycles. The summed E-state index contributed by atoms with van der Waals surface area (Å²) < 4.78 is 6.64. The second kappa shape index (κ2) is 6.24. The van der Waals surface area contributed by atoms with Crippen molar-refractivity contribution in [2.45, 2.75) is 19.4 Å². The van der Waals surface area contributed by atoms with Gasteiger partial charge in [0.25, 0.3) is 0 Å². The lowest BCUT2D eigenvalue weighted by molar-refractivity contribution is 0.220. The Labute approximate surface area is 127 Å². The van der Waals surface area contributed by atoms with E-state index >= 15 is 0 Å². The summed E-state index contributed by atoms with van der Waals surface area (Å²) in [5.74, 6) is 0.833. The third kappa shape index (κ3) is 3.06. The molecule has 0 aliphatic carbocycles. The van der Waals surface area contributed by atoms with Crippen LogP contribution in [0.1, 0.15) is 30.6 Å². The zero-order valence-electron chi connectivity index (χ0n) is 11.8. The molecule has 1 N–H and O–H groups in total. The molecule has 1 atom stereocenters. The maximum absolute atomic E-state index is 10.5. The average Bonchev–Trinajstić information content (AvgIpc) is 3.00. The Morgan fingerprint density at radius 2 is 2.00 bits per heavy atom. The number of thiophene rings is 1. The van der Waals surface area contributed by atoms with Gasteiger partial charge in [-0.2, -0.15) is 0 Å². The van der Waals surface area contributed by atoms with Crippen molar-refractivity contribution < 1.29 is 9.84 Å². The minimum Gasteiger partial charge on any atom is -0.494 e. The van der Waals surface area contributed by atoms with Crippen LogP contribution in [0.3, 0.4) is 0 Å².